The molecule has 41 heavy (non-hydrogen) atoms. The van der Waals surface area contributed by atoms with Gasteiger partial charge in [0.15, 0.2) is 0 Å². The molecule has 5 rings (SSSR count). The van der Waals surface area contributed by atoms with Gasteiger partial charge in [-0.1, -0.05) is 87.5 Å². The Hall–Kier alpha value is -4.06. The number of fused-ring (bicyclic) bond motifs is 1. The molecule has 0 bridgehead atoms. The van der Waals surface area contributed by atoms with Gasteiger partial charge in [-0.05, 0) is 65.3 Å². The zero-order valence-corrected chi connectivity index (χ0v) is 23.9. The van der Waals surface area contributed by atoms with Crippen LogP contribution < -0.4 is 4.74 Å². The lowest BCUT2D eigenvalue weighted by atomic mass is 9.96. The Morgan fingerprint density at radius 1 is 0.829 bits per heavy atom. The summed E-state index contributed by atoms with van der Waals surface area (Å²) >= 11 is 0. The number of alkyl halides is 3. The van der Waals surface area contributed by atoms with Crippen molar-refractivity contribution in [1.82, 2.24) is 9.55 Å². The standard InChI is InChI=1S/C35H35F3N2O/c1-23(2)19-26-13-15-27(16-14-26)25(4)34-39-32-20-30(41-22-29-11-6-5-9-24(29)3)17-18-33(32)40(34)21-28-10-7-8-12-31(28)35(36,37)38/h5-18,20,23,25H,19,21-22H2,1-4H3. The number of aromatic nitrogens is 2. The van der Waals surface area contributed by atoms with Gasteiger partial charge in [0, 0.05) is 18.5 Å². The predicted octanol–water partition coefficient (Wildman–Crippen LogP) is 9.34. The third-order valence-electron chi connectivity index (χ3n) is 7.57. The average molecular weight is 557 g/mol. The van der Waals surface area contributed by atoms with E-state index in [0.29, 0.717) is 29.6 Å². The van der Waals surface area contributed by atoms with Crippen LogP contribution in [-0.4, -0.2) is 9.55 Å². The largest absolute Gasteiger partial charge is 0.489 e. The Bertz CT molecular complexity index is 1630. The highest BCUT2D eigenvalue weighted by atomic mass is 19.4. The Morgan fingerprint density at radius 2 is 1.51 bits per heavy atom. The van der Waals surface area contributed by atoms with Crippen LogP contribution in [0.4, 0.5) is 13.2 Å². The summed E-state index contributed by atoms with van der Waals surface area (Å²) in [5.41, 5.74) is 5.61. The first-order valence-corrected chi connectivity index (χ1v) is 14.0. The van der Waals surface area contributed by atoms with E-state index in [-0.39, 0.29) is 18.0 Å². The Labute approximate surface area is 239 Å². The van der Waals surface area contributed by atoms with Gasteiger partial charge >= 0.3 is 6.18 Å². The summed E-state index contributed by atoms with van der Waals surface area (Å²) in [6, 6.07) is 27.9. The Balaban J connectivity index is 1.54. The second-order valence-corrected chi connectivity index (χ2v) is 11.1. The van der Waals surface area contributed by atoms with Gasteiger partial charge in [0.2, 0.25) is 0 Å². The third kappa shape index (κ3) is 6.48. The molecule has 4 aromatic carbocycles. The zero-order chi connectivity index (χ0) is 29.1. The molecule has 1 unspecified atom stereocenters. The van der Waals surface area contributed by atoms with E-state index in [1.54, 1.807) is 12.1 Å². The van der Waals surface area contributed by atoms with E-state index in [4.69, 9.17) is 9.72 Å². The number of hydrogen-bond donors (Lipinski definition) is 0. The molecule has 0 aliphatic rings. The number of benzene rings is 4. The van der Waals surface area contributed by atoms with E-state index >= 15 is 0 Å². The minimum Gasteiger partial charge on any atom is -0.489 e. The fraction of sp³-hybridized carbons (Fsp3) is 0.286. The summed E-state index contributed by atoms with van der Waals surface area (Å²) in [7, 11) is 0. The maximum atomic E-state index is 13.9. The van der Waals surface area contributed by atoms with Crippen LogP contribution >= 0.6 is 0 Å². The Kier molecular flexibility index (Phi) is 8.20. The van der Waals surface area contributed by atoms with Crippen molar-refractivity contribution in [2.45, 2.75) is 59.4 Å². The highest BCUT2D eigenvalue weighted by Crippen LogP contribution is 2.35. The van der Waals surface area contributed by atoms with Gasteiger partial charge in [-0.25, -0.2) is 4.98 Å². The van der Waals surface area contributed by atoms with Gasteiger partial charge in [-0.3, -0.25) is 0 Å². The molecule has 0 saturated heterocycles. The molecular weight excluding hydrogens is 521 g/mol. The number of rotatable bonds is 9. The Morgan fingerprint density at radius 3 is 2.20 bits per heavy atom. The average Bonchev–Trinajstić information content (AvgIpc) is 3.29. The lowest BCUT2D eigenvalue weighted by Gasteiger charge is -2.18. The second-order valence-electron chi connectivity index (χ2n) is 11.1. The van der Waals surface area contributed by atoms with Crippen LogP contribution in [0, 0.1) is 12.8 Å². The van der Waals surface area contributed by atoms with E-state index in [0.717, 1.165) is 34.7 Å². The van der Waals surface area contributed by atoms with Gasteiger partial charge < -0.3 is 9.30 Å². The summed E-state index contributed by atoms with van der Waals surface area (Å²) in [6.07, 6.45) is -3.45. The van der Waals surface area contributed by atoms with Crippen molar-refractivity contribution in [1.29, 1.82) is 0 Å². The van der Waals surface area contributed by atoms with Gasteiger partial charge in [-0.2, -0.15) is 13.2 Å². The number of ether oxygens (including phenoxy) is 1. The van der Waals surface area contributed by atoms with Crippen molar-refractivity contribution in [3.8, 4) is 5.75 Å². The van der Waals surface area contributed by atoms with Crippen molar-refractivity contribution >= 4 is 11.0 Å². The molecule has 0 fully saturated rings. The van der Waals surface area contributed by atoms with E-state index in [1.807, 2.05) is 54.0 Å². The summed E-state index contributed by atoms with van der Waals surface area (Å²) in [5, 5.41) is 0. The van der Waals surface area contributed by atoms with E-state index in [2.05, 4.69) is 45.0 Å². The molecule has 0 saturated carbocycles. The molecule has 1 aromatic heterocycles. The molecule has 6 heteroatoms. The van der Waals surface area contributed by atoms with Crippen LogP contribution in [0.3, 0.4) is 0 Å². The van der Waals surface area contributed by atoms with Gasteiger partial charge in [0.05, 0.1) is 16.6 Å². The molecule has 0 spiro atoms. The van der Waals surface area contributed by atoms with Crippen LogP contribution in [0.2, 0.25) is 0 Å². The number of aryl methyl sites for hydroxylation is 1. The van der Waals surface area contributed by atoms with Gasteiger partial charge in [-0.15, -0.1) is 0 Å². The molecule has 0 aliphatic heterocycles. The summed E-state index contributed by atoms with van der Waals surface area (Å²) in [6.45, 7) is 8.96. The topological polar surface area (TPSA) is 27.1 Å². The highest BCUT2D eigenvalue weighted by molar-refractivity contribution is 5.78. The third-order valence-corrected chi connectivity index (χ3v) is 7.57. The predicted molar refractivity (Wildman–Crippen MR) is 158 cm³/mol. The number of imidazole rings is 1. The fourth-order valence-corrected chi connectivity index (χ4v) is 5.32. The first-order valence-electron chi connectivity index (χ1n) is 14.0. The summed E-state index contributed by atoms with van der Waals surface area (Å²) < 4.78 is 49.7. The van der Waals surface area contributed by atoms with Crippen molar-refractivity contribution in [2.75, 3.05) is 0 Å². The molecule has 0 radical (unpaired) electrons. The normalized spacial score (nSPS) is 12.7. The summed E-state index contributed by atoms with van der Waals surface area (Å²) in [5.74, 6) is 1.80. The molecule has 0 amide bonds. The maximum absolute atomic E-state index is 13.9. The lowest BCUT2D eigenvalue weighted by molar-refractivity contribution is -0.138. The first kappa shape index (κ1) is 28.5. The minimum absolute atomic E-state index is 0.0563. The molecule has 1 heterocycles. The van der Waals surface area contributed by atoms with Crippen LogP contribution in [0.25, 0.3) is 11.0 Å². The van der Waals surface area contributed by atoms with Gasteiger partial charge in [0.1, 0.15) is 18.2 Å². The minimum atomic E-state index is -4.44. The lowest BCUT2D eigenvalue weighted by Crippen LogP contribution is -2.14. The molecule has 1 atom stereocenters. The molecule has 3 nitrogen and oxygen atoms in total. The van der Waals surface area contributed by atoms with Crippen LogP contribution in [-0.2, 0) is 25.7 Å². The van der Waals surface area contributed by atoms with Gasteiger partial charge in [0.25, 0.3) is 0 Å². The van der Waals surface area contributed by atoms with E-state index < -0.39 is 11.7 Å². The zero-order valence-electron chi connectivity index (χ0n) is 23.9. The molecule has 5 aromatic rings. The van der Waals surface area contributed by atoms with E-state index in [9.17, 15) is 13.2 Å². The molecular formula is C35H35F3N2O. The van der Waals surface area contributed by atoms with Crippen molar-refractivity contribution in [3.63, 3.8) is 0 Å². The molecule has 0 N–H and O–H groups in total. The summed E-state index contributed by atoms with van der Waals surface area (Å²) in [4.78, 5) is 4.98. The number of hydrogen-bond acceptors (Lipinski definition) is 2. The maximum Gasteiger partial charge on any atom is 0.416 e. The van der Waals surface area contributed by atoms with Crippen LogP contribution in [0.1, 0.15) is 65.9 Å². The number of halogens is 3. The van der Waals surface area contributed by atoms with Crippen molar-refractivity contribution in [3.05, 3.63) is 130 Å². The molecule has 212 valence electrons. The number of nitrogens with zero attached hydrogens (tertiary/aromatic N) is 2. The first-order chi connectivity index (χ1) is 19.6. The van der Waals surface area contributed by atoms with E-state index in [1.165, 1.54) is 11.6 Å². The van der Waals surface area contributed by atoms with Crippen molar-refractivity contribution < 1.29 is 17.9 Å². The molecule has 0 aliphatic carbocycles. The van der Waals surface area contributed by atoms with Crippen LogP contribution in [0.15, 0.2) is 91.0 Å². The van der Waals surface area contributed by atoms with Crippen molar-refractivity contribution in [2.24, 2.45) is 5.92 Å². The smallest absolute Gasteiger partial charge is 0.416 e. The SMILES string of the molecule is Cc1ccccc1COc1ccc2c(c1)nc(C(C)c1ccc(CC(C)C)cc1)n2Cc1ccccc1C(F)(F)F. The highest BCUT2D eigenvalue weighted by Gasteiger charge is 2.33. The monoisotopic (exact) mass is 556 g/mol. The quantitative estimate of drug-likeness (QED) is 0.181. The fourth-order valence-electron chi connectivity index (χ4n) is 5.32. The second kappa shape index (κ2) is 11.8. The van der Waals surface area contributed by atoms with Crippen LogP contribution in [0.5, 0.6) is 5.75 Å².